The van der Waals surface area contributed by atoms with E-state index in [-0.39, 0.29) is 5.78 Å². The van der Waals surface area contributed by atoms with Crippen molar-refractivity contribution in [1.82, 2.24) is 4.98 Å². The number of aryl methyl sites for hydroxylation is 1. The number of hydrogen-bond donors (Lipinski definition) is 1. The first-order valence-corrected chi connectivity index (χ1v) is 7.73. The number of para-hydroxylation sites is 1. The van der Waals surface area contributed by atoms with Crippen LogP contribution in [0.4, 0.5) is 10.8 Å². The smallest absolute Gasteiger partial charge is 0.188 e. The van der Waals surface area contributed by atoms with Gasteiger partial charge in [0.1, 0.15) is 5.78 Å². The zero-order valence-corrected chi connectivity index (χ0v) is 12.6. The summed E-state index contributed by atoms with van der Waals surface area (Å²) in [4.78, 5) is 15.5. The van der Waals surface area contributed by atoms with Gasteiger partial charge in [-0.2, -0.15) is 0 Å². The summed E-state index contributed by atoms with van der Waals surface area (Å²) in [5, 5.41) is 4.22. The van der Waals surface area contributed by atoms with Crippen molar-refractivity contribution in [2.24, 2.45) is 0 Å². The van der Waals surface area contributed by atoms with Crippen molar-refractivity contribution in [3.8, 4) is 0 Å². The molecule has 21 heavy (non-hydrogen) atoms. The number of nitrogens with one attached hydrogen (secondary N) is 1. The first-order valence-electron chi connectivity index (χ1n) is 6.92. The summed E-state index contributed by atoms with van der Waals surface area (Å²) >= 11 is 1.64. The highest BCUT2D eigenvalue weighted by atomic mass is 32.1. The van der Waals surface area contributed by atoms with Gasteiger partial charge >= 0.3 is 0 Å². The molecule has 0 saturated heterocycles. The Morgan fingerprint density at radius 3 is 2.62 bits per heavy atom. The number of rotatable bonds is 5. The molecule has 3 aromatic rings. The number of ketones is 1. The molecule has 1 heterocycles. The fourth-order valence-electron chi connectivity index (χ4n) is 2.12. The monoisotopic (exact) mass is 296 g/mol. The Morgan fingerprint density at radius 1 is 1.14 bits per heavy atom. The Labute approximate surface area is 127 Å². The highest BCUT2D eigenvalue weighted by Crippen LogP contribution is 2.28. The predicted octanol–water partition coefficient (Wildman–Crippen LogP) is 4.56. The van der Waals surface area contributed by atoms with Gasteiger partial charge in [0, 0.05) is 12.1 Å². The minimum atomic E-state index is 0.228. The van der Waals surface area contributed by atoms with Gasteiger partial charge in [-0.1, -0.05) is 35.6 Å². The van der Waals surface area contributed by atoms with Crippen molar-refractivity contribution in [1.29, 1.82) is 0 Å². The van der Waals surface area contributed by atoms with Crippen molar-refractivity contribution in [3.05, 3.63) is 54.1 Å². The Kier molecular flexibility index (Phi) is 3.97. The number of thiazole rings is 1. The Hall–Kier alpha value is -2.20. The van der Waals surface area contributed by atoms with Crippen molar-refractivity contribution in [2.75, 3.05) is 5.32 Å². The van der Waals surface area contributed by atoms with E-state index in [2.05, 4.69) is 28.5 Å². The molecule has 0 fully saturated rings. The van der Waals surface area contributed by atoms with Crippen LogP contribution < -0.4 is 5.32 Å². The maximum absolute atomic E-state index is 11.0. The number of nitrogens with zero attached hydrogens (tertiary/aromatic N) is 1. The van der Waals surface area contributed by atoms with E-state index >= 15 is 0 Å². The zero-order valence-electron chi connectivity index (χ0n) is 11.8. The number of carbonyl (C=O) groups is 1. The van der Waals surface area contributed by atoms with Crippen LogP contribution in [0.5, 0.6) is 0 Å². The van der Waals surface area contributed by atoms with Crippen LogP contribution in [-0.2, 0) is 11.2 Å². The van der Waals surface area contributed by atoms with E-state index in [0.717, 1.165) is 22.8 Å². The lowest BCUT2D eigenvalue weighted by Gasteiger charge is -2.04. The summed E-state index contributed by atoms with van der Waals surface area (Å²) < 4.78 is 1.18. The lowest BCUT2D eigenvalue weighted by molar-refractivity contribution is -0.116. The third kappa shape index (κ3) is 3.47. The second-order valence-electron chi connectivity index (χ2n) is 5.01. The zero-order chi connectivity index (χ0) is 14.7. The van der Waals surface area contributed by atoms with Gasteiger partial charge in [0.05, 0.1) is 10.2 Å². The summed E-state index contributed by atoms with van der Waals surface area (Å²) in [6, 6.07) is 16.3. The Morgan fingerprint density at radius 2 is 1.90 bits per heavy atom. The van der Waals surface area contributed by atoms with Crippen molar-refractivity contribution >= 4 is 38.2 Å². The van der Waals surface area contributed by atoms with Gasteiger partial charge in [0.15, 0.2) is 5.13 Å². The lowest BCUT2D eigenvalue weighted by atomic mass is 10.1. The molecular formula is C17H16N2OS. The van der Waals surface area contributed by atoms with Crippen molar-refractivity contribution < 1.29 is 4.79 Å². The third-order valence-electron chi connectivity index (χ3n) is 3.26. The summed E-state index contributed by atoms with van der Waals surface area (Å²) in [5.41, 5.74) is 3.21. The number of anilines is 2. The van der Waals surface area contributed by atoms with Crippen LogP contribution in [0.2, 0.25) is 0 Å². The van der Waals surface area contributed by atoms with E-state index in [1.165, 1.54) is 10.3 Å². The van der Waals surface area contributed by atoms with Gasteiger partial charge in [-0.15, -0.1) is 0 Å². The van der Waals surface area contributed by atoms with E-state index in [9.17, 15) is 4.79 Å². The molecule has 4 heteroatoms. The minimum absolute atomic E-state index is 0.228. The molecule has 0 spiro atoms. The van der Waals surface area contributed by atoms with Gasteiger partial charge in [-0.05, 0) is 43.2 Å². The van der Waals surface area contributed by atoms with E-state index in [1.807, 2.05) is 30.3 Å². The first-order chi connectivity index (χ1) is 10.2. The van der Waals surface area contributed by atoms with E-state index in [4.69, 9.17) is 0 Å². The molecule has 0 radical (unpaired) electrons. The number of fused-ring (bicyclic) bond motifs is 1. The molecule has 1 aromatic heterocycles. The van der Waals surface area contributed by atoms with Crippen LogP contribution >= 0.6 is 11.3 Å². The van der Waals surface area contributed by atoms with Crippen LogP contribution in [0.3, 0.4) is 0 Å². The van der Waals surface area contributed by atoms with Gasteiger partial charge in [0.2, 0.25) is 0 Å². The first kappa shape index (κ1) is 13.8. The summed E-state index contributed by atoms with van der Waals surface area (Å²) in [6.07, 6.45) is 1.40. The largest absolute Gasteiger partial charge is 0.332 e. The number of hydrogen-bond acceptors (Lipinski definition) is 4. The normalized spacial score (nSPS) is 10.7. The molecule has 0 saturated carbocycles. The van der Waals surface area contributed by atoms with Crippen LogP contribution in [0.25, 0.3) is 10.2 Å². The molecule has 3 nitrogen and oxygen atoms in total. The molecule has 0 bridgehead atoms. The fourth-order valence-corrected chi connectivity index (χ4v) is 3.01. The molecule has 2 aromatic carbocycles. The minimum Gasteiger partial charge on any atom is -0.332 e. The summed E-state index contributed by atoms with van der Waals surface area (Å²) in [5.74, 6) is 0.228. The predicted molar refractivity (Wildman–Crippen MR) is 88.3 cm³/mol. The van der Waals surface area contributed by atoms with Crippen LogP contribution in [-0.4, -0.2) is 10.8 Å². The second-order valence-corrected chi connectivity index (χ2v) is 6.04. The lowest BCUT2D eigenvalue weighted by Crippen LogP contribution is -1.94. The molecule has 0 amide bonds. The average Bonchev–Trinajstić information content (AvgIpc) is 2.88. The van der Waals surface area contributed by atoms with Gasteiger partial charge in [0.25, 0.3) is 0 Å². The topological polar surface area (TPSA) is 42.0 Å². The van der Waals surface area contributed by atoms with Crippen molar-refractivity contribution in [2.45, 2.75) is 19.8 Å². The second kappa shape index (κ2) is 6.06. The summed E-state index contributed by atoms with van der Waals surface area (Å²) in [7, 11) is 0. The molecule has 0 unspecified atom stereocenters. The molecule has 3 rings (SSSR count). The third-order valence-corrected chi connectivity index (χ3v) is 4.22. The Balaban J connectivity index is 1.71. The van der Waals surface area contributed by atoms with Gasteiger partial charge < -0.3 is 10.1 Å². The number of aromatic nitrogens is 1. The molecule has 0 aliphatic carbocycles. The SMILES string of the molecule is CC(=O)CCc1ccc(Nc2nc3ccccc3s2)cc1. The molecule has 0 aliphatic rings. The van der Waals surface area contributed by atoms with E-state index in [0.29, 0.717) is 6.42 Å². The standard InChI is InChI=1S/C17H16N2OS/c1-12(20)6-7-13-8-10-14(11-9-13)18-17-19-15-4-2-3-5-16(15)21-17/h2-5,8-11H,6-7H2,1H3,(H,18,19). The van der Waals surface area contributed by atoms with E-state index in [1.54, 1.807) is 18.3 Å². The van der Waals surface area contributed by atoms with Gasteiger partial charge in [-0.3, -0.25) is 0 Å². The Bertz CT molecular complexity index is 729. The molecule has 0 aliphatic heterocycles. The van der Waals surface area contributed by atoms with Crippen LogP contribution in [0, 0.1) is 0 Å². The van der Waals surface area contributed by atoms with Crippen molar-refractivity contribution in [3.63, 3.8) is 0 Å². The van der Waals surface area contributed by atoms with Crippen LogP contribution in [0.15, 0.2) is 48.5 Å². The maximum Gasteiger partial charge on any atom is 0.188 e. The highest BCUT2D eigenvalue weighted by Gasteiger charge is 2.03. The average molecular weight is 296 g/mol. The summed E-state index contributed by atoms with van der Waals surface area (Å²) in [6.45, 7) is 1.63. The molecular weight excluding hydrogens is 280 g/mol. The van der Waals surface area contributed by atoms with Crippen LogP contribution in [0.1, 0.15) is 18.9 Å². The fraction of sp³-hybridized carbons (Fsp3) is 0.176. The molecule has 106 valence electrons. The van der Waals surface area contributed by atoms with Gasteiger partial charge in [-0.25, -0.2) is 4.98 Å². The quantitative estimate of drug-likeness (QED) is 0.750. The molecule has 1 N–H and O–H groups in total. The highest BCUT2D eigenvalue weighted by molar-refractivity contribution is 7.22. The number of Topliss-reactive ketones (excluding diaryl/α,β-unsaturated/α-hetero) is 1. The molecule has 0 atom stereocenters. The maximum atomic E-state index is 11.0. The number of benzene rings is 2. The number of carbonyl (C=O) groups excluding carboxylic acids is 1. The van der Waals surface area contributed by atoms with E-state index < -0.39 is 0 Å².